The van der Waals surface area contributed by atoms with Crippen LogP contribution in [0.2, 0.25) is 0 Å². The van der Waals surface area contributed by atoms with Crippen molar-refractivity contribution in [3.05, 3.63) is 57.3 Å². The van der Waals surface area contributed by atoms with Crippen molar-refractivity contribution in [1.29, 1.82) is 0 Å². The van der Waals surface area contributed by atoms with Gasteiger partial charge < -0.3 is 25.6 Å². The largest absolute Gasteiger partial charge is 0.489 e. The van der Waals surface area contributed by atoms with E-state index in [4.69, 9.17) is 4.74 Å². The first kappa shape index (κ1) is 28.6. The van der Waals surface area contributed by atoms with Crippen molar-refractivity contribution in [3.8, 4) is 5.75 Å². The van der Waals surface area contributed by atoms with Gasteiger partial charge in [-0.15, -0.1) is 0 Å². The molecular formula is C28H33IN6O4S. The fourth-order valence-corrected chi connectivity index (χ4v) is 6.44. The monoisotopic (exact) mass is 676 g/mol. The van der Waals surface area contributed by atoms with Crippen LogP contribution in [0, 0.1) is 3.57 Å². The van der Waals surface area contributed by atoms with E-state index >= 15 is 0 Å². The molecule has 0 aliphatic carbocycles. The van der Waals surface area contributed by atoms with Crippen molar-refractivity contribution in [2.45, 2.75) is 63.0 Å². The van der Waals surface area contributed by atoms with Crippen LogP contribution < -0.4 is 20.7 Å². The Bertz CT molecular complexity index is 1540. The maximum atomic E-state index is 13.3. The number of ether oxygens (including phenoxy) is 1. The van der Waals surface area contributed by atoms with E-state index in [0.29, 0.717) is 38.6 Å². The van der Waals surface area contributed by atoms with Gasteiger partial charge in [-0.25, -0.2) is 13.4 Å². The van der Waals surface area contributed by atoms with Gasteiger partial charge in [-0.1, -0.05) is 12.1 Å². The van der Waals surface area contributed by atoms with Crippen LogP contribution in [0.15, 0.2) is 47.5 Å². The van der Waals surface area contributed by atoms with Gasteiger partial charge in [-0.3, -0.25) is 4.79 Å². The van der Waals surface area contributed by atoms with Crippen LogP contribution in [0.3, 0.4) is 0 Å². The Hall–Kier alpha value is -2.97. The number of carbonyl (C=O) groups is 1. The molecule has 12 heteroatoms. The molecule has 3 heterocycles. The molecule has 0 radical (unpaired) electrons. The Balaban J connectivity index is 1.46. The van der Waals surface area contributed by atoms with Gasteiger partial charge in [0.05, 0.1) is 31.2 Å². The van der Waals surface area contributed by atoms with E-state index in [1.807, 2.05) is 30.9 Å². The normalized spacial score (nSPS) is 17.0. The van der Waals surface area contributed by atoms with Crippen LogP contribution in [-0.2, 0) is 16.4 Å². The van der Waals surface area contributed by atoms with Crippen LogP contribution in [0.25, 0.3) is 0 Å². The quantitative estimate of drug-likeness (QED) is 0.273. The van der Waals surface area contributed by atoms with Crippen LogP contribution in [0.5, 0.6) is 5.75 Å². The van der Waals surface area contributed by atoms with Crippen LogP contribution in [-0.4, -0.2) is 59.7 Å². The maximum absolute atomic E-state index is 13.3. The molecule has 1 atom stereocenters. The summed E-state index contributed by atoms with van der Waals surface area (Å²) in [4.78, 5) is 24.5. The number of nitrogens with zero attached hydrogens (tertiary/aromatic N) is 3. The molecule has 3 aromatic rings. The van der Waals surface area contributed by atoms with E-state index in [9.17, 15) is 13.2 Å². The number of anilines is 4. The number of amides is 1. The first-order valence-corrected chi connectivity index (χ1v) is 15.9. The second-order valence-corrected chi connectivity index (χ2v) is 14.1. The summed E-state index contributed by atoms with van der Waals surface area (Å²) in [5.74, 6) is 1.35. The molecule has 1 aromatic heterocycles. The van der Waals surface area contributed by atoms with Crippen molar-refractivity contribution in [2.24, 2.45) is 0 Å². The van der Waals surface area contributed by atoms with Gasteiger partial charge in [0.25, 0.3) is 5.91 Å². The number of nitrogens with one attached hydrogen (secondary N) is 3. The summed E-state index contributed by atoms with van der Waals surface area (Å²) in [6.07, 6.45) is 2.50. The number of hydrogen-bond acceptors (Lipinski definition) is 9. The average molecular weight is 677 g/mol. The molecule has 40 heavy (non-hydrogen) atoms. The minimum absolute atomic E-state index is 0.0108. The summed E-state index contributed by atoms with van der Waals surface area (Å²) >= 11 is 2.11. The SMILES string of the molecule is CC(C)Oc1cc2c(cc1Nc1ncc(I)c(Nc3ccccc3S(=O)(=O)C(C)C)n1)C(=O)N(C1CCNC1)C2. The van der Waals surface area contributed by atoms with Gasteiger partial charge in [0, 0.05) is 30.9 Å². The maximum Gasteiger partial charge on any atom is 0.254 e. The number of aromatic nitrogens is 2. The highest BCUT2D eigenvalue weighted by Crippen LogP contribution is 2.37. The average Bonchev–Trinajstić information content (AvgIpc) is 3.54. The Morgan fingerprint density at radius 2 is 1.90 bits per heavy atom. The lowest BCUT2D eigenvalue weighted by atomic mass is 10.1. The predicted molar refractivity (Wildman–Crippen MR) is 163 cm³/mol. The summed E-state index contributed by atoms with van der Waals surface area (Å²) in [6, 6.07) is 10.7. The van der Waals surface area contributed by atoms with Gasteiger partial charge in [-0.05, 0) is 93.1 Å². The highest BCUT2D eigenvalue weighted by Gasteiger charge is 2.35. The van der Waals surface area contributed by atoms with E-state index in [2.05, 4.69) is 48.5 Å². The molecule has 1 fully saturated rings. The van der Waals surface area contributed by atoms with Crippen LogP contribution in [0.4, 0.5) is 23.1 Å². The fourth-order valence-electron chi connectivity index (χ4n) is 4.85. The van der Waals surface area contributed by atoms with E-state index < -0.39 is 15.1 Å². The minimum atomic E-state index is -3.52. The van der Waals surface area contributed by atoms with E-state index in [1.54, 1.807) is 44.3 Å². The molecule has 2 aromatic carbocycles. The Morgan fingerprint density at radius 3 is 2.60 bits per heavy atom. The van der Waals surface area contributed by atoms with E-state index in [1.165, 1.54) is 0 Å². The molecule has 0 saturated carbocycles. The van der Waals surface area contributed by atoms with Gasteiger partial charge >= 0.3 is 0 Å². The highest BCUT2D eigenvalue weighted by molar-refractivity contribution is 14.1. The molecular weight excluding hydrogens is 643 g/mol. The predicted octanol–water partition coefficient (Wildman–Crippen LogP) is 4.86. The fraction of sp³-hybridized carbons (Fsp3) is 0.393. The second kappa shape index (κ2) is 11.5. The van der Waals surface area contributed by atoms with Crippen molar-refractivity contribution >= 4 is 61.5 Å². The van der Waals surface area contributed by atoms with Gasteiger partial charge in [0.2, 0.25) is 5.95 Å². The van der Waals surface area contributed by atoms with Crippen molar-refractivity contribution in [3.63, 3.8) is 0 Å². The van der Waals surface area contributed by atoms with Crippen LogP contribution in [0.1, 0.15) is 50.0 Å². The second-order valence-electron chi connectivity index (χ2n) is 10.5. The highest BCUT2D eigenvalue weighted by atomic mass is 127. The number of carbonyl (C=O) groups excluding carboxylic acids is 1. The summed E-state index contributed by atoms with van der Waals surface area (Å²) in [6.45, 7) is 9.48. The third kappa shape index (κ3) is 5.75. The van der Waals surface area contributed by atoms with Gasteiger partial charge in [0.15, 0.2) is 9.84 Å². The lowest BCUT2D eigenvalue weighted by Crippen LogP contribution is -2.36. The van der Waals surface area contributed by atoms with Gasteiger partial charge in [0.1, 0.15) is 11.6 Å². The van der Waals surface area contributed by atoms with E-state index in [-0.39, 0.29) is 28.9 Å². The third-order valence-corrected chi connectivity index (χ3v) is 9.93. The molecule has 3 N–H and O–H groups in total. The lowest BCUT2D eigenvalue weighted by molar-refractivity contribution is 0.0717. The zero-order valence-electron chi connectivity index (χ0n) is 22.9. The number of fused-ring (bicyclic) bond motifs is 1. The lowest BCUT2D eigenvalue weighted by Gasteiger charge is -2.22. The summed E-state index contributed by atoms with van der Waals surface area (Å²) in [5, 5.41) is 9.19. The Kier molecular flexibility index (Phi) is 8.20. The van der Waals surface area contributed by atoms with Gasteiger partial charge in [-0.2, -0.15) is 4.98 Å². The summed E-state index contributed by atoms with van der Waals surface area (Å²) in [5.41, 5.74) is 2.60. The molecule has 1 saturated heterocycles. The molecule has 5 rings (SSSR count). The summed E-state index contributed by atoms with van der Waals surface area (Å²) in [7, 11) is -3.52. The molecule has 212 valence electrons. The molecule has 10 nitrogen and oxygen atoms in total. The number of sulfone groups is 1. The topological polar surface area (TPSA) is 126 Å². The Labute approximate surface area is 248 Å². The first-order chi connectivity index (χ1) is 19.0. The number of benzene rings is 2. The summed E-state index contributed by atoms with van der Waals surface area (Å²) < 4.78 is 32.7. The number of halogens is 1. The standard InChI is InChI=1S/C28H33IN6O4S/c1-16(2)39-24-11-18-15-35(19-9-10-30-13-19)27(36)20(18)12-23(24)33-28-31-14-21(29)26(34-28)32-22-7-5-6-8-25(22)40(37,38)17(3)4/h5-8,11-12,14,16-17,19,30H,9-10,13,15H2,1-4H3,(H2,31,32,33,34). The minimum Gasteiger partial charge on any atom is -0.489 e. The number of para-hydroxylation sites is 1. The molecule has 2 aliphatic rings. The van der Waals surface area contributed by atoms with E-state index in [0.717, 1.165) is 25.1 Å². The Morgan fingerprint density at radius 1 is 1.12 bits per heavy atom. The number of rotatable bonds is 9. The third-order valence-electron chi connectivity index (χ3n) is 6.93. The van der Waals surface area contributed by atoms with Crippen LogP contribution >= 0.6 is 22.6 Å². The molecule has 0 bridgehead atoms. The number of hydrogen-bond donors (Lipinski definition) is 3. The zero-order valence-corrected chi connectivity index (χ0v) is 25.8. The molecule has 1 unspecified atom stereocenters. The smallest absolute Gasteiger partial charge is 0.254 e. The zero-order chi connectivity index (χ0) is 28.6. The first-order valence-electron chi connectivity index (χ1n) is 13.3. The molecule has 1 amide bonds. The van der Waals surface area contributed by atoms with Crippen molar-refractivity contribution < 1.29 is 17.9 Å². The van der Waals surface area contributed by atoms with Crippen molar-refractivity contribution in [2.75, 3.05) is 23.7 Å². The van der Waals surface area contributed by atoms with Crippen molar-refractivity contribution in [1.82, 2.24) is 20.2 Å². The molecule has 2 aliphatic heterocycles. The molecule has 0 spiro atoms.